The van der Waals surface area contributed by atoms with Crippen LogP contribution >= 0.6 is 0 Å². The van der Waals surface area contributed by atoms with Gasteiger partial charge in [-0.05, 0) is 62.7 Å². The number of nitrogens with two attached hydrogens (primary N) is 2. The highest BCUT2D eigenvalue weighted by atomic mass is 16.4. The summed E-state index contributed by atoms with van der Waals surface area (Å²) in [5.41, 5.74) is 23.2. The van der Waals surface area contributed by atoms with Crippen LogP contribution in [-0.4, -0.2) is 133 Å². The highest BCUT2D eigenvalue weighted by molar-refractivity contribution is 5.84. The number of nitrogens with zero attached hydrogens (tertiary/aromatic N) is 11. The quantitative estimate of drug-likeness (QED) is 0.0824. The number of carbonyl (C=O) groups is 2. The number of amides is 1. The van der Waals surface area contributed by atoms with Crippen molar-refractivity contribution in [3.63, 3.8) is 0 Å². The van der Waals surface area contributed by atoms with Crippen molar-refractivity contribution in [1.82, 2.24) is 49.4 Å². The number of aliphatic hydroxyl groups excluding tert-OH is 4. The number of hydrogen-bond acceptors (Lipinski definition) is 15. The summed E-state index contributed by atoms with van der Waals surface area (Å²) < 4.78 is 3.05. The molecule has 2 aliphatic heterocycles. The number of aliphatic hydroxyl groups is 4. The molecule has 2 fully saturated rings. The van der Waals surface area contributed by atoms with Crippen LogP contribution in [0.4, 0.5) is 23.0 Å². The number of aromatic nitrogens is 8. The minimum Gasteiger partial charge on any atom is -0.479 e. The van der Waals surface area contributed by atoms with E-state index in [-0.39, 0.29) is 23.3 Å². The Morgan fingerprint density at radius 1 is 0.630 bits per heavy atom. The molecule has 0 bridgehead atoms. The number of pyridine rings is 2. The standard InChI is InChI=1S/C26H25N7O3.C23H21N7.C3H6O4/c1-28-23-22(17-9-11-32(12-10-17)26(36)21(35)15-34)31-25-19(14-30-33(25)24(23)27)18-7-8-20(29-13-18)16-5-3-2-4-6-16;1-25-21-20(16-9-11-26-12-10-16)29-23-18(14-28-30(23)22(21)24)17-7-8-19(27-13-17)15-5-3-2-4-6-15;4-1-2(5)3(6)7/h2-8,13-14,17,21,34-35H,9-12,15,27H2;2-8,13-14,16,26H,9-12,24H2;2,4-5H,1H2,(H,6,7)/t21-;;2-/m1.1/s1. The highest BCUT2D eigenvalue weighted by Crippen LogP contribution is 2.40. The Morgan fingerprint density at radius 2 is 1.07 bits per heavy atom. The Kier molecular flexibility index (Phi) is 16.0. The molecular weight excluding hydrogens is 933 g/mol. The number of nitrogen functional groups attached to an aromatic ring is 2. The second-order valence-corrected chi connectivity index (χ2v) is 17.2. The number of rotatable bonds is 10. The van der Waals surface area contributed by atoms with Crippen molar-refractivity contribution in [2.75, 3.05) is 50.9 Å². The number of piperidine rings is 2. The predicted molar refractivity (Wildman–Crippen MR) is 272 cm³/mol. The van der Waals surface area contributed by atoms with E-state index in [4.69, 9.17) is 55.0 Å². The van der Waals surface area contributed by atoms with Crippen LogP contribution in [0.1, 0.15) is 48.9 Å². The van der Waals surface area contributed by atoms with Crippen LogP contribution in [-0.2, 0) is 9.59 Å². The van der Waals surface area contributed by atoms with Gasteiger partial charge in [0, 0.05) is 58.9 Å². The molecule has 1 amide bonds. The van der Waals surface area contributed by atoms with Crippen molar-refractivity contribution in [1.29, 1.82) is 0 Å². The van der Waals surface area contributed by atoms with Gasteiger partial charge in [0.15, 0.2) is 23.5 Å². The van der Waals surface area contributed by atoms with E-state index in [0.29, 0.717) is 54.4 Å². The Labute approximate surface area is 418 Å². The lowest BCUT2D eigenvalue weighted by atomic mass is 9.92. The Bertz CT molecular complexity index is 3290. The number of hydrogen-bond donors (Lipinski definition) is 8. The molecule has 372 valence electrons. The molecule has 2 saturated heterocycles. The first-order valence-corrected chi connectivity index (χ1v) is 23.4. The fourth-order valence-electron chi connectivity index (χ4n) is 8.76. The summed E-state index contributed by atoms with van der Waals surface area (Å²) in [7, 11) is 0. The molecule has 21 nitrogen and oxygen atoms in total. The molecule has 2 atom stereocenters. The molecule has 8 heterocycles. The minimum absolute atomic E-state index is 0.0851. The summed E-state index contributed by atoms with van der Waals surface area (Å²) >= 11 is 0. The summed E-state index contributed by atoms with van der Waals surface area (Å²) in [6.45, 7) is 16.6. The van der Waals surface area contributed by atoms with Gasteiger partial charge in [-0.25, -0.2) is 33.5 Å². The topological polar surface area (TPSA) is 297 Å². The Morgan fingerprint density at radius 3 is 1.44 bits per heavy atom. The van der Waals surface area contributed by atoms with Crippen molar-refractivity contribution in [3.05, 3.63) is 144 Å². The number of anilines is 2. The monoisotopic (exact) mass is 984 g/mol. The van der Waals surface area contributed by atoms with E-state index < -0.39 is 37.3 Å². The molecule has 0 unspecified atom stereocenters. The number of aliphatic carboxylic acids is 1. The second-order valence-electron chi connectivity index (χ2n) is 17.2. The van der Waals surface area contributed by atoms with Crippen molar-refractivity contribution in [2.24, 2.45) is 0 Å². The van der Waals surface area contributed by atoms with Crippen molar-refractivity contribution >= 4 is 46.2 Å². The van der Waals surface area contributed by atoms with Gasteiger partial charge in [-0.3, -0.25) is 14.8 Å². The largest absolute Gasteiger partial charge is 0.479 e. The normalized spacial score (nSPS) is 14.7. The number of fused-ring (bicyclic) bond motifs is 2. The van der Waals surface area contributed by atoms with E-state index in [9.17, 15) is 14.7 Å². The lowest BCUT2D eigenvalue weighted by Crippen LogP contribution is -2.44. The van der Waals surface area contributed by atoms with Crippen LogP contribution in [0, 0.1) is 13.1 Å². The number of benzene rings is 2. The fraction of sp³-hybridized carbons (Fsp3) is 0.269. The summed E-state index contributed by atoms with van der Waals surface area (Å²) in [6, 6.07) is 27.9. The van der Waals surface area contributed by atoms with E-state index in [0.717, 1.165) is 76.4 Å². The first kappa shape index (κ1) is 50.7. The van der Waals surface area contributed by atoms with Gasteiger partial charge in [0.2, 0.25) is 11.4 Å². The molecule has 0 radical (unpaired) electrons. The number of carboxylic acids is 1. The molecule has 73 heavy (non-hydrogen) atoms. The third-order valence-electron chi connectivity index (χ3n) is 12.7. The second kappa shape index (κ2) is 23.0. The molecule has 21 heteroatoms. The average Bonchev–Trinajstić information content (AvgIpc) is 4.09. The number of carbonyl (C=O) groups excluding carboxylic acids is 1. The summed E-state index contributed by atoms with van der Waals surface area (Å²) in [5, 5.41) is 54.6. The lowest BCUT2D eigenvalue weighted by molar-refractivity contribution is -0.148. The minimum atomic E-state index is -1.63. The zero-order valence-corrected chi connectivity index (χ0v) is 39.4. The van der Waals surface area contributed by atoms with Crippen molar-refractivity contribution in [2.45, 2.75) is 49.7 Å². The summed E-state index contributed by atoms with van der Waals surface area (Å²) in [4.78, 5) is 49.6. The molecule has 0 spiro atoms. The van der Waals surface area contributed by atoms with Gasteiger partial charge in [0.1, 0.15) is 11.6 Å². The van der Waals surface area contributed by atoms with Crippen LogP contribution in [0.2, 0.25) is 0 Å². The van der Waals surface area contributed by atoms with E-state index in [1.165, 1.54) is 9.42 Å². The SMILES string of the molecule is O=C(O)[C@H](O)CO.[C-]#[N+]c1c(C2CCN(C(=O)[C@H](O)CO)CC2)nc2c(-c3ccc(-c4ccccc4)nc3)cnn2c1N.[C-]#[N+]c1c(C2CCNCC2)nc2c(-c3ccc(-c4ccccc4)nc3)cnn2c1N. The van der Waals surface area contributed by atoms with E-state index in [1.54, 1.807) is 23.1 Å². The summed E-state index contributed by atoms with van der Waals surface area (Å²) in [6.07, 6.45) is 7.01. The predicted octanol–water partition coefficient (Wildman–Crippen LogP) is 5.13. The van der Waals surface area contributed by atoms with Gasteiger partial charge in [-0.15, -0.1) is 0 Å². The van der Waals surface area contributed by atoms with E-state index in [1.807, 2.05) is 91.1 Å². The van der Waals surface area contributed by atoms with Gasteiger partial charge < -0.3 is 47.2 Å². The van der Waals surface area contributed by atoms with Crippen LogP contribution in [0.3, 0.4) is 0 Å². The molecular formula is C52H52N14O7. The molecule has 0 saturated carbocycles. The molecule has 8 aromatic rings. The number of nitrogens with one attached hydrogen (secondary N) is 1. The van der Waals surface area contributed by atoms with Gasteiger partial charge >= 0.3 is 5.97 Å². The van der Waals surface area contributed by atoms with Gasteiger partial charge in [0.05, 0.1) is 61.5 Å². The molecule has 2 aliphatic rings. The molecule has 6 aromatic heterocycles. The zero-order valence-electron chi connectivity index (χ0n) is 39.4. The first-order valence-electron chi connectivity index (χ1n) is 23.4. The zero-order chi connectivity index (χ0) is 51.6. The van der Waals surface area contributed by atoms with Crippen molar-refractivity contribution in [3.8, 4) is 44.8 Å². The van der Waals surface area contributed by atoms with Gasteiger partial charge in [-0.1, -0.05) is 72.8 Å². The van der Waals surface area contributed by atoms with Crippen LogP contribution in [0.25, 0.3) is 65.8 Å². The Hall–Kier alpha value is -8.70. The smallest absolute Gasteiger partial charge is 0.334 e. The average molecular weight is 985 g/mol. The lowest BCUT2D eigenvalue weighted by Gasteiger charge is -2.33. The van der Waals surface area contributed by atoms with Crippen LogP contribution < -0.4 is 16.8 Å². The molecule has 10 N–H and O–H groups in total. The number of likely N-dealkylation sites (tertiary alicyclic amines) is 1. The highest BCUT2D eigenvalue weighted by Gasteiger charge is 2.31. The third kappa shape index (κ3) is 11.0. The van der Waals surface area contributed by atoms with E-state index >= 15 is 0 Å². The molecule has 10 rings (SSSR count). The van der Waals surface area contributed by atoms with Crippen LogP contribution in [0.15, 0.2) is 110 Å². The van der Waals surface area contributed by atoms with E-state index in [2.05, 4.69) is 35.2 Å². The first-order chi connectivity index (χ1) is 35.5. The molecule has 0 aliphatic carbocycles. The maximum absolute atomic E-state index is 12.2. The number of carboxylic acid groups (broad SMARTS) is 1. The fourth-order valence-corrected chi connectivity index (χ4v) is 8.76. The third-order valence-corrected chi connectivity index (χ3v) is 12.7. The maximum atomic E-state index is 12.2. The summed E-state index contributed by atoms with van der Waals surface area (Å²) in [5.74, 6) is -1.18. The van der Waals surface area contributed by atoms with Crippen LogP contribution in [0.5, 0.6) is 0 Å². The molecule has 2 aromatic carbocycles. The van der Waals surface area contributed by atoms with Gasteiger partial charge in [0.25, 0.3) is 5.91 Å². The van der Waals surface area contributed by atoms with Crippen molar-refractivity contribution < 1.29 is 35.1 Å². The maximum Gasteiger partial charge on any atom is 0.334 e. The van der Waals surface area contributed by atoms with Gasteiger partial charge in [-0.2, -0.15) is 10.2 Å². The Balaban J connectivity index is 0.000000174.